The second-order valence-electron chi connectivity index (χ2n) is 16.0. The van der Waals surface area contributed by atoms with Gasteiger partial charge in [-0.3, -0.25) is 0 Å². The molecule has 292 valence electrons. The number of para-hydroxylation sites is 1. The second-order valence-corrected chi connectivity index (χ2v) is 16.0. The normalized spacial score (nSPS) is 15.3. The molecule has 1 aliphatic heterocycles. The summed E-state index contributed by atoms with van der Waals surface area (Å²) in [5, 5.41) is 2.15. The molecule has 1 aliphatic carbocycles. The molecule has 0 bridgehead atoms. The van der Waals surface area contributed by atoms with Crippen molar-refractivity contribution >= 4 is 33.3 Å². The smallest absolute Gasteiger partial charge is 0.164 e. The number of benzene rings is 8. The van der Waals surface area contributed by atoms with Gasteiger partial charge in [0.2, 0.25) is 0 Å². The number of aromatic nitrogens is 3. The van der Waals surface area contributed by atoms with Crippen LogP contribution in [-0.2, 0) is 0 Å². The highest BCUT2D eigenvalue weighted by atomic mass is 16.3. The molecule has 3 heterocycles. The Morgan fingerprint density at radius 3 is 1.68 bits per heavy atom. The SMILES string of the molecule is C1=CC2c3cc(-c4cccc(-c5ccc6oc7cccc(-c8cccc(-c9nc(-c%10ccccc%10)nc(-c%10ccccc%10)n9)c8)c7c6c5)c4)ccc3N(c3ccccc3)C2C=C1. The van der Waals surface area contributed by atoms with Gasteiger partial charge in [-0.1, -0.05) is 164 Å². The first-order chi connectivity index (χ1) is 30.7. The van der Waals surface area contributed by atoms with Crippen LogP contribution >= 0.6 is 0 Å². The van der Waals surface area contributed by atoms with Crippen LogP contribution in [0.3, 0.4) is 0 Å². The van der Waals surface area contributed by atoms with Gasteiger partial charge in [0.1, 0.15) is 11.2 Å². The molecule has 62 heavy (non-hydrogen) atoms. The van der Waals surface area contributed by atoms with Gasteiger partial charge in [0.25, 0.3) is 0 Å². The van der Waals surface area contributed by atoms with Crippen molar-refractivity contribution in [2.75, 3.05) is 4.90 Å². The quantitative estimate of drug-likeness (QED) is 0.161. The lowest BCUT2D eigenvalue weighted by molar-refractivity contribution is 0.669. The molecule has 2 unspecified atom stereocenters. The Morgan fingerprint density at radius 2 is 0.952 bits per heavy atom. The molecule has 2 aromatic heterocycles. The van der Waals surface area contributed by atoms with Crippen molar-refractivity contribution in [3.63, 3.8) is 0 Å². The van der Waals surface area contributed by atoms with Crippen LogP contribution < -0.4 is 4.90 Å². The standard InChI is InChI=1S/C57H38N4O/c1-4-15-37(16-5-1)55-58-56(38-17-6-2-7-18-38)60-57(59-55)44-22-13-21-43(34-44)46-26-14-28-53-54(46)49-36-42(30-32-52(49)62-53)40-20-12-19-39(33-40)41-29-31-51-48(35-41)47-25-10-11-27-50(47)61(51)45-23-8-3-9-24-45/h1-36,47,50H. The molecular weight excluding hydrogens is 757 g/mol. The number of nitrogens with zero attached hydrogens (tertiary/aromatic N) is 4. The van der Waals surface area contributed by atoms with E-state index in [1.807, 2.05) is 60.7 Å². The third-order valence-electron chi connectivity index (χ3n) is 12.2. The van der Waals surface area contributed by atoms with Crippen molar-refractivity contribution in [3.8, 4) is 67.5 Å². The number of hydrogen-bond acceptors (Lipinski definition) is 5. The predicted octanol–water partition coefficient (Wildman–Crippen LogP) is 14.5. The minimum absolute atomic E-state index is 0.256. The van der Waals surface area contributed by atoms with Crippen molar-refractivity contribution in [1.82, 2.24) is 15.0 Å². The maximum absolute atomic E-state index is 6.52. The van der Waals surface area contributed by atoms with Crippen LogP contribution in [0.2, 0.25) is 0 Å². The predicted molar refractivity (Wildman–Crippen MR) is 253 cm³/mol. The van der Waals surface area contributed by atoms with Crippen LogP contribution in [0, 0.1) is 0 Å². The van der Waals surface area contributed by atoms with Gasteiger partial charge in [0.05, 0.1) is 6.04 Å². The van der Waals surface area contributed by atoms with Crippen LogP contribution in [0.5, 0.6) is 0 Å². The molecule has 0 saturated carbocycles. The molecule has 10 aromatic rings. The molecule has 0 radical (unpaired) electrons. The minimum atomic E-state index is 0.256. The van der Waals surface area contributed by atoms with Crippen LogP contribution in [0.15, 0.2) is 223 Å². The van der Waals surface area contributed by atoms with E-state index in [0.29, 0.717) is 23.4 Å². The molecule has 0 amide bonds. The van der Waals surface area contributed by atoms with E-state index < -0.39 is 0 Å². The molecule has 12 rings (SSSR count). The van der Waals surface area contributed by atoms with Gasteiger partial charge in [-0.2, -0.15) is 0 Å². The zero-order valence-corrected chi connectivity index (χ0v) is 33.6. The van der Waals surface area contributed by atoms with Crippen molar-refractivity contribution in [2.45, 2.75) is 12.0 Å². The van der Waals surface area contributed by atoms with Gasteiger partial charge in [-0.25, -0.2) is 15.0 Å². The highest BCUT2D eigenvalue weighted by Crippen LogP contribution is 2.49. The first-order valence-electron chi connectivity index (χ1n) is 21.1. The topological polar surface area (TPSA) is 55.1 Å². The molecular formula is C57H38N4O. The molecule has 8 aromatic carbocycles. The van der Waals surface area contributed by atoms with Crippen molar-refractivity contribution < 1.29 is 4.42 Å². The van der Waals surface area contributed by atoms with Gasteiger partial charge in [-0.15, -0.1) is 0 Å². The summed E-state index contributed by atoms with van der Waals surface area (Å²) >= 11 is 0. The maximum Gasteiger partial charge on any atom is 0.164 e. The third kappa shape index (κ3) is 6.22. The van der Waals surface area contributed by atoms with Crippen LogP contribution in [0.4, 0.5) is 11.4 Å². The number of hydrogen-bond donors (Lipinski definition) is 0. The van der Waals surface area contributed by atoms with Crippen LogP contribution in [0.1, 0.15) is 11.5 Å². The van der Waals surface area contributed by atoms with Gasteiger partial charge in [0, 0.05) is 44.8 Å². The zero-order chi connectivity index (χ0) is 41.0. The molecule has 2 aliphatic rings. The summed E-state index contributed by atoms with van der Waals surface area (Å²) in [5.41, 5.74) is 15.2. The molecule has 2 atom stereocenters. The van der Waals surface area contributed by atoms with E-state index in [2.05, 4.69) is 163 Å². The Kier molecular flexibility index (Phi) is 8.56. The van der Waals surface area contributed by atoms with E-state index in [1.165, 1.54) is 28.1 Å². The average Bonchev–Trinajstić information content (AvgIpc) is 3.90. The lowest BCUT2D eigenvalue weighted by atomic mass is 9.89. The molecule has 5 heteroatoms. The van der Waals surface area contributed by atoms with E-state index >= 15 is 0 Å². The average molecular weight is 795 g/mol. The van der Waals surface area contributed by atoms with Gasteiger partial charge in [0.15, 0.2) is 17.5 Å². The fourth-order valence-electron chi connectivity index (χ4n) is 9.30. The summed E-state index contributed by atoms with van der Waals surface area (Å²) in [4.78, 5) is 17.4. The summed E-state index contributed by atoms with van der Waals surface area (Å²) in [7, 11) is 0. The van der Waals surface area contributed by atoms with E-state index in [4.69, 9.17) is 19.4 Å². The van der Waals surface area contributed by atoms with Crippen LogP contribution in [-0.4, -0.2) is 21.0 Å². The number of allylic oxidation sites excluding steroid dienone is 2. The molecule has 0 N–H and O–H groups in total. The largest absolute Gasteiger partial charge is 0.456 e. The van der Waals surface area contributed by atoms with Gasteiger partial charge < -0.3 is 9.32 Å². The fourth-order valence-corrected chi connectivity index (χ4v) is 9.30. The van der Waals surface area contributed by atoms with E-state index in [9.17, 15) is 0 Å². The summed E-state index contributed by atoms with van der Waals surface area (Å²) in [5.74, 6) is 2.19. The Hall–Kier alpha value is -8.15. The fraction of sp³-hybridized carbons (Fsp3) is 0.0351. The van der Waals surface area contributed by atoms with E-state index in [1.54, 1.807) is 0 Å². The summed E-state index contributed by atoms with van der Waals surface area (Å²) in [6, 6.07) is 68.4. The Bertz CT molecular complexity index is 3310. The summed E-state index contributed by atoms with van der Waals surface area (Å²) < 4.78 is 6.52. The number of fused-ring (bicyclic) bond motifs is 6. The first kappa shape index (κ1) is 35.8. The Balaban J connectivity index is 0.920. The zero-order valence-electron chi connectivity index (χ0n) is 33.6. The number of furan rings is 1. The van der Waals surface area contributed by atoms with E-state index in [-0.39, 0.29) is 6.04 Å². The maximum atomic E-state index is 6.52. The van der Waals surface area contributed by atoms with Gasteiger partial charge >= 0.3 is 0 Å². The molecule has 0 saturated heterocycles. The molecule has 5 nitrogen and oxygen atoms in total. The second kappa shape index (κ2) is 14.8. The van der Waals surface area contributed by atoms with Crippen LogP contribution in [0.25, 0.3) is 89.5 Å². The monoisotopic (exact) mass is 794 g/mol. The first-order valence-corrected chi connectivity index (χ1v) is 21.1. The number of rotatable bonds is 7. The van der Waals surface area contributed by atoms with Crippen molar-refractivity contribution in [2.24, 2.45) is 0 Å². The Labute approximate surface area is 359 Å². The molecule has 0 spiro atoms. The molecule has 0 fully saturated rings. The van der Waals surface area contributed by atoms with Crippen molar-refractivity contribution in [1.29, 1.82) is 0 Å². The Morgan fingerprint density at radius 1 is 0.403 bits per heavy atom. The summed E-state index contributed by atoms with van der Waals surface area (Å²) in [6.07, 6.45) is 9.03. The highest BCUT2D eigenvalue weighted by molar-refractivity contribution is 6.13. The summed E-state index contributed by atoms with van der Waals surface area (Å²) in [6.45, 7) is 0. The van der Waals surface area contributed by atoms with Crippen molar-refractivity contribution in [3.05, 3.63) is 224 Å². The van der Waals surface area contributed by atoms with Gasteiger partial charge in [-0.05, 0) is 93.5 Å². The third-order valence-corrected chi connectivity index (χ3v) is 12.2. The lowest BCUT2D eigenvalue weighted by Gasteiger charge is -2.28. The number of anilines is 2. The highest BCUT2D eigenvalue weighted by Gasteiger charge is 2.37. The lowest BCUT2D eigenvalue weighted by Crippen LogP contribution is -2.28. The van der Waals surface area contributed by atoms with E-state index in [0.717, 1.165) is 60.9 Å². The minimum Gasteiger partial charge on any atom is -0.456 e.